The van der Waals surface area contributed by atoms with Gasteiger partial charge in [-0.15, -0.1) is 0 Å². The van der Waals surface area contributed by atoms with Crippen molar-refractivity contribution in [2.45, 2.75) is 13.5 Å². The normalized spacial score (nSPS) is 16.0. The maximum atomic E-state index is 11.7. The number of hydrogen-bond donors (Lipinski definition) is 0. The van der Waals surface area contributed by atoms with Crippen molar-refractivity contribution in [2.75, 3.05) is 31.1 Å². The first-order valence-corrected chi connectivity index (χ1v) is 7.54. The molecule has 1 aliphatic heterocycles. The first-order valence-electron chi connectivity index (χ1n) is 7.54. The first-order chi connectivity index (χ1) is 10.6. The van der Waals surface area contributed by atoms with Gasteiger partial charge < -0.3 is 4.90 Å². The van der Waals surface area contributed by atoms with Gasteiger partial charge in [0.1, 0.15) is 0 Å². The predicted molar refractivity (Wildman–Crippen MR) is 85.9 cm³/mol. The third kappa shape index (κ3) is 3.17. The van der Waals surface area contributed by atoms with Crippen LogP contribution in [0.2, 0.25) is 0 Å². The molecule has 0 unspecified atom stereocenters. The van der Waals surface area contributed by atoms with Gasteiger partial charge in [0.05, 0.1) is 11.9 Å². The molecule has 6 heteroatoms. The van der Waals surface area contributed by atoms with E-state index in [4.69, 9.17) is 0 Å². The second kappa shape index (κ2) is 6.27. The molecule has 0 atom stereocenters. The molecular weight excluding hydrogens is 278 g/mol. The molecule has 22 heavy (non-hydrogen) atoms. The molecule has 116 valence electrons. The molecule has 0 radical (unpaired) electrons. The summed E-state index contributed by atoms with van der Waals surface area (Å²) in [6.07, 6.45) is 3.60. The molecular formula is C16H21N5O. The van der Waals surface area contributed by atoms with Crippen molar-refractivity contribution in [1.29, 1.82) is 0 Å². The maximum absolute atomic E-state index is 11.7. The summed E-state index contributed by atoms with van der Waals surface area (Å²) < 4.78 is 1.35. The highest BCUT2D eigenvalue weighted by atomic mass is 16.1. The molecule has 0 aromatic carbocycles. The monoisotopic (exact) mass is 299 g/mol. The van der Waals surface area contributed by atoms with E-state index in [0.29, 0.717) is 0 Å². The Morgan fingerprint density at radius 2 is 2.00 bits per heavy atom. The van der Waals surface area contributed by atoms with Crippen molar-refractivity contribution in [3.8, 4) is 0 Å². The highest BCUT2D eigenvalue weighted by molar-refractivity contribution is 5.43. The molecule has 1 saturated heterocycles. The second-order valence-corrected chi connectivity index (χ2v) is 5.69. The van der Waals surface area contributed by atoms with Crippen LogP contribution in [0.25, 0.3) is 0 Å². The van der Waals surface area contributed by atoms with Crippen LogP contribution < -0.4 is 10.5 Å². The van der Waals surface area contributed by atoms with Crippen molar-refractivity contribution in [2.24, 2.45) is 7.05 Å². The van der Waals surface area contributed by atoms with Crippen LogP contribution in [-0.2, 0) is 13.6 Å². The van der Waals surface area contributed by atoms with Crippen LogP contribution >= 0.6 is 0 Å². The topological polar surface area (TPSA) is 54.3 Å². The first kappa shape index (κ1) is 14.7. The summed E-state index contributed by atoms with van der Waals surface area (Å²) in [5, 5.41) is 4.09. The van der Waals surface area contributed by atoms with E-state index < -0.39 is 0 Å². The third-order valence-electron chi connectivity index (χ3n) is 4.20. The Morgan fingerprint density at radius 3 is 2.68 bits per heavy atom. The van der Waals surface area contributed by atoms with Gasteiger partial charge in [0.15, 0.2) is 0 Å². The van der Waals surface area contributed by atoms with Gasteiger partial charge in [-0.1, -0.05) is 6.07 Å². The van der Waals surface area contributed by atoms with Crippen LogP contribution in [0.4, 0.5) is 5.69 Å². The van der Waals surface area contributed by atoms with Gasteiger partial charge in [-0.05, 0) is 18.6 Å². The molecule has 0 bridgehead atoms. The highest BCUT2D eigenvalue weighted by Gasteiger charge is 2.18. The molecule has 0 spiro atoms. The second-order valence-electron chi connectivity index (χ2n) is 5.69. The molecule has 3 heterocycles. The van der Waals surface area contributed by atoms with Crippen LogP contribution in [-0.4, -0.2) is 45.8 Å². The van der Waals surface area contributed by atoms with Crippen LogP contribution in [0, 0.1) is 6.92 Å². The van der Waals surface area contributed by atoms with Gasteiger partial charge in [-0.3, -0.25) is 14.7 Å². The van der Waals surface area contributed by atoms with E-state index in [9.17, 15) is 4.79 Å². The summed E-state index contributed by atoms with van der Waals surface area (Å²) in [5.41, 5.74) is 3.23. The van der Waals surface area contributed by atoms with Crippen LogP contribution in [0.5, 0.6) is 0 Å². The number of nitrogens with zero attached hydrogens (tertiary/aromatic N) is 5. The summed E-state index contributed by atoms with van der Waals surface area (Å²) in [6.45, 7) is 6.76. The van der Waals surface area contributed by atoms with Gasteiger partial charge in [0, 0.05) is 57.7 Å². The quantitative estimate of drug-likeness (QED) is 0.839. The molecule has 6 nitrogen and oxygen atoms in total. The van der Waals surface area contributed by atoms with Crippen molar-refractivity contribution in [3.05, 3.63) is 52.2 Å². The predicted octanol–water partition coefficient (Wildman–Crippen LogP) is 0.806. The lowest BCUT2D eigenvalue weighted by atomic mass is 10.2. The summed E-state index contributed by atoms with van der Waals surface area (Å²) in [7, 11) is 1.67. The summed E-state index contributed by atoms with van der Waals surface area (Å²) in [6, 6.07) is 5.79. The molecule has 0 N–H and O–H groups in total. The zero-order valence-electron chi connectivity index (χ0n) is 13.1. The Morgan fingerprint density at radius 1 is 1.23 bits per heavy atom. The third-order valence-corrected chi connectivity index (χ3v) is 4.20. The van der Waals surface area contributed by atoms with Crippen molar-refractivity contribution in [1.82, 2.24) is 19.7 Å². The smallest absolute Gasteiger partial charge is 0.268 e. The fourth-order valence-corrected chi connectivity index (χ4v) is 2.72. The van der Waals surface area contributed by atoms with Crippen LogP contribution in [0.15, 0.2) is 35.4 Å². The van der Waals surface area contributed by atoms with E-state index in [1.165, 1.54) is 10.2 Å². The molecule has 1 aliphatic rings. The van der Waals surface area contributed by atoms with Crippen molar-refractivity contribution in [3.63, 3.8) is 0 Å². The van der Waals surface area contributed by atoms with E-state index in [2.05, 4.69) is 32.9 Å². The number of aryl methyl sites for hydroxylation is 2. The minimum atomic E-state index is -0.0640. The maximum Gasteiger partial charge on any atom is 0.268 e. The Hall–Kier alpha value is -2.21. The summed E-state index contributed by atoms with van der Waals surface area (Å²) >= 11 is 0. The Kier molecular flexibility index (Phi) is 4.20. The molecule has 0 saturated carbocycles. The van der Waals surface area contributed by atoms with Gasteiger partial charge in [0.25, 0.3) is 5.56 Å². The lowest BCUT2D eigenvalue weighted by molar-refractivity contribution is 0.249. The zero-order valence-corrected chi connectivity index (χ0v) is 13.1. The number of hydrogen-bond acceptors (Lipinski definition) is 5. The molecule has 0 aliphatic carbocycles. The lowest BCUT2D eigenvalue weighted by Crippen LogP contribution is -2.46. The SMILES string of the molecule is Cc1ncccc1CN1CCN(c2cnn(C)c(=O)c2)CC1. The fraction of sp³-hybridized carbons (Fsp3) is 0.438. The van der Waals surface area contributed by atoms with E-state index in [-0.39, 0.29) is 5.56 Å². The van der Waals surface area contributed by atoms with Gasteiger partial charge in [-0.2, -0.15) is 5.10 Å². The average Bonchev–Trinajstić information content (AvgIpc) is 2.53. The summed E-state index contributed by atoms with van der Waals surface area (Å²) in [5.74, 6) is 0. The molecule has 2 aromatic rings. The molecule has 1 fully saturated rings. The van der Waals surface area contributed by atoms with E-state index >= 15 is 0 Å². The largest absolute Gasteiger partial charge is 0.368 e. The number of pyridine rings is 1. The fourth-order valence-electron chi connectivity index (χ4n) is 2.72. The van der Waals surface area contributed by atoms with Crippen molar-refractivity contribution < 1.29 is 0 Å². The zero-order chi connectivity index (χ0) is 15.5. The Bertz CT molecular complexity index is 704. The van der Waals surface area contributed by atoms with Gasteiger partial charge in [0.2, 0.25) is 0 Å². The highest BCUT2D eigenvalue weighted by Crippen LogP contribution is 2.15. The van der Waals surface area contributed by atoms with E-state index in [1.807, 2.05) is 12.3 Å². The van der Waals surface area contributed by atoms with Gasteiger partial charge in [-0.25, -0.2) is 4.68 Å². The number of piperazine rings is 1. The number of rotatable bonds is 3. The lowest BCUT2D eigenvalue weighted by Gasteiger charge is -2.36. The molecule has 2 aromatic heterocycles. The minimum absolute atomic E-state index is 0.0640. The number of anilines is 1. The minimum Gasteiger partial charge on any atom is -0.368 e. The van der Waals surface area contributed by atoms with Gasteiger partial charge >= 0.3 is 0 Å². The molecule has 0 amide bonds. The van der Waals surface area contributed by atoms with E-state index in [0.717, 1.165) is 44.1 Å². The summed E-state index contributed by atoms with van der Waals surface area (Å²) in [4.78, 5) is 20.7. The molecule has 3 rings (SSSR count). The van der Waals surface area contributed by atoms with Crippen LogP contribution in [0.3, 0.4) is 0 Å². The number of aromatic nitrogens is 3. The Balaban J connectivity index is 1.61. The standard InChI is InChI=1S/C16H21N5O/c1-13-14(4-3-5-17-13)12-20-6-8-21(9-7-20)15-10-16(22)19(2)18-11-15/h3-5,10-11H,6-9,12H2,1-2H3. The average molecular weight is 299 g/mol. The van der Waals surface area contributed by atoms with Crippen LogP contribution in [0.1, 0.15) is 11.3 Å². The van der Waals surface area contributed by atoms with Crippen molar-refractivity contribution >= 4 is 5.69 Å². The van der Waals surface area contributed by atoms with E-state index in [1.54, 1.807) is 19.3 Å². The Labute approximate surface area is 130 Å².